The van der Waals surface area contributed by atoms with Crippen LogP contribution in [0.2, 0.25) is 0 Å². The molecule has 2 rings (SSSR count). The van der Waals surface area contributed by atoms with Crippen molar-refractivity contribution in [1.82, 2.24) is 9.97 Å². The highest BCUT2D eigenvalue weighted by atomic mass is 16.7. The fraction of sp³-hybridized carbons (Fsp3) is 0.667. The SMILES string of the molecule is COC(OC)c1ccnc(C2(C)CCCO2)n1. The van der Waals surface area contributed by atoms with Crippen molar-refractivity contribution in [2.45, 2.75) is 31.7 Å². The van der Waals surface area contributed by atoms with E-state index in [1.54, 1.807) is 26.5 Å². The molecule has 0 N–H and O–H groups in total. The maximum absolute atomic E-state index is 5.72. The van der Waals surface area contributed by atoms with Crippen molar-refractivity contribution in [2.24, 2.45) is 0 Å². The summed E-state index contributed by atoms with van der Waals surface area (Å²) in [5.74, 6) is 0.701. The molecule has 0 aromatic carbocycles. The van der Waals surface area contributed by atoms with Gasteiger partial charge < -0.3 is 14.2 Å². The van der Waals surface area contributed by atoms with E-state index in [1.807, 2.05) is 6.92 Å². The van der Waals surface area contributed by atoms with Gasteiger partial charge in [0.1, 0.15) is 11.3 Å². The van der Waals surface area contributed by atoms with Crippen LogP contribution in [0.25, 0.3) is 0 Å². The Morgan fingerprint density at radius 2 is 2.18 bits per heavy atom. The van der Waals surface area contributed by atoms with E-state index in [-0.39, 0.29) is 5.60 Å². The quantitative estimate of drug-likeness (QED) is 0.748. The normalized spacial score (nSPS) is 24.5. The summed E-state index contributed by atoms with van der Waals surface area (Å²) in [7, 11) is 3.17. The van der Waals surface area contributed by atoms with E-state index in [4.69, 9.17) is 14.2 Å². The van der Waals surface area contributed by atoms with Gasteiger partial charge in [-0.15, -0.1) is 0 Å². The molecule has 1 fully saturated rings. The Labute approximate surface area is 101 Å². The molecular formula is C12H18N2O3. The van der Waals surface area contributed by atoms with E-state index in [9.17, 15) is 0 Å². The Morgan fingerprint density at radius 1 is 1.41 bits per heavy atom. The molecule has 0 amide bonds. The van der Waals surface area contributed by atoms with E-state index in [0.29, 0.717) is 5.82 Å². The lowest BCUT2D eigenvalue weighted by molar-refractivity contribution is -0.109. The summed E-state index contributed by atoms with van der Waals surface area (Å²) in [6, 6.07) is 1.79. The Morgan fingerprint density at radius 3 is 2.76 bits per heavy atom. The average molecular weight is 238 g/mol. The summed E-state index contributed by atoms with van der Waals surface area (Å²) in [5, 5.41) is 0. The van der Waals surface area contributed by atoms with Crippen LogP contribution in [0.15, 0.2) is 12.3 Å². The zero-order chi connectivity index (χ0) is 12.3. The largest absolute Gasteiger partial charge is 0.367 e. The lowest BCUT2D eigenvalue weighted by atomic mass is 10.0. The van der Waals surface area contributed by atoms with Crippen molar-refractivity contribution in [2.75, 3.05) is 20.8 Å². The first-order valence-corrected chi connectivity index (χ1v) is 5.72. The van der Waals surface area contributed by atoms with E-state index in [2.05, 4.69) is 9.97 Å². The van der Waals surface area contributed by atoms with Crippen molar-refractivity contribution >= 4 is 0 Å². The van der Waals surface area contributed by atoms with Crippen LogP contribution in [0, 0.1) is 0 Å². The molecule has 1 aliphatic rings. The van der Waals surface area contributed by atoms with Crippen LogP contribution in [-0.2, 0) is 19.8 Å². The predicted octanol–water partition coefficient (Wildman–Crippen LogP) is 1.79. The number of methoxy groups -OCH3 is 2. The van der Waals surface area contributed by atoms with E-state index < -0.39 is 6.29 Å². The molecular weight excluding hydrogens is 220 g/mol. The molecule has 0 saturated carbocycles. The molecule has 1 aromatic rings. The molecule has 0 radical (unpaired) electrons. The summed E-state index contributed by atoms with van der Waals surface area (Å²) in [4.78, 5) is 8.78. The fourth-order valence-electron chi connectivity index (χ4n) is 2.05. The second-order valence-electron chi connectivity index (χ2n) is 4.29. The molecule has 0 bridgehead atoms. The van der Waals surface area contributed by atoms with Gasteiger partial charge in [0, 0.05) is 27.0 Å². The van der Waals surface area contributed by atoms with Gasteiger partial charge in [0.25, 0.3) is 0 Å². The minimum Gasteiger partial charge on any atom is -0.367 e. The third kappa shape index (κ3) is 2.46. The first-order valence-electron chi connectivity index (χ1n) is 5.72. The van der Waals surface area contributed by atoms with Crippen LogP contribution in [0.3, 0.4) is 0 Å². The number of ether oxygens (including phenoxy) is 3. The molecule has 1 unspecified atom stereocenters. The number of rotatable bonds is 4. The summed E-state index contributed by atoms with van der Waals surface area (Å²) in [6.45, 7) is 2.79. The van der Waals surface area contributed by atoms with Crippen LogP contribution in [0.4, 0.5) is 0 Å². The molecule has 1 aliphatic heterocycles. The summed E-state index contributed by atoms with van der Waals surface area (Å²) in [5.41, 5.74) is 0.346. The van der Waals surface area contributed by atoms with Gasteiger partial charge in [-0.05, 0) is 25.8 Å². The number of aromatic nitrogens is 2. The Hall–Kier alpha value is -1.04. The van der Waals surface area contributed by atoms with Gasteiger partial charge in [-0.2, -0.15) is 0 Å². The van der Waals surface area contributed by atoms with Gasteiger partial charge in [-0.3, -0.25) is 0 Å². The van der Waals surface area contributed by atoms with E-state index in [0.717, 1.165) is 25.1 Å². The fourth-order valence-corrected chi connectivity index (χ4v) is 2.05. The van der Waals surface area contributed by atoms with E-state index in [1.165, 1.54) is 0 Å². The van der Waals surface area contributed by atoms with Gasteiger partial charge in [-0.1, -0.05) is 0 Å². The van der Waals surface area contributed by atoms with Gasteiger partial charge in [0.05, 0.1) is 0 Å². The van der Waals surface area contributed by atoms with Crippen LogP contribution in [0.5, 0.6) is 0 Å². The second-order valence-corrected chi connectivity index (χ2v) is 4.29. The Kier molecular flexibility index (Phi) is 3.71. The topological polar surface area (TPSA) is 53.5 Å². The minimum atomic E-state index is -0.457. The lowest BCUT2D eigenvalue weighted by Gasteiger charge is -2.22. The van der Waals surface area contributed by atoms with Gasteiger partial charge in [0.2, 0.25) is 6.29 Å². The monoisotopic (exact) mass is 238 g/mol. The van der Waals surface area contributed by atoms with Crippen molar-refractivity contribution in [3.63, 3.8) is 0 Å². The van der Waals surface area contributed by atoms with Crippen molar-refractivity contribution in [3.8, 4) is 0 Å². The molecule has 94 valence electrons. The number of nitrogens with zero attached hydrogens (tertiary/aromatic N) is 2. The molecule has 1 saturated heterocycles. The molecule has 5 heteroatoms. The summed E-state index contributed by atoms with van der Waals surface area (Å²) >= 11 is 0. The van der Waals surface area contributed by atoms with E-state index >= 15 is 0 Å². The average Bonchev–Trinajstić information content (AvgIpc) is 2.80. The third-order valence-corrected chi connectivity index (χ3v) is 3.04. The van der Waals surface area contributed by atoms with Crippen molar-refractivity contribution < 1.29 is 14.2 Å². The van der Waals surface area contributed by atoms with Gasteiger partial charge in [0.15, 0.2) is 5.82 Å². The van der Waals surface area contributed by atoms with Crippen LogP contribution < -0.4 is 0 Å². The zero-order valence-electron chi connectivity index (χ0n) is 10.5. The molecule has 2 heterocycles. The molecule has 5 nitrogen and oxygen atoms in total. The van der Waals surface area contributed by atoms with Crippen LogP contribution in [-0.4, -0.2) is 30.8 Å². The second kappa shape index (κ2) is 5.08. The zero-order valence-corrected chi connectivity index (χ0v) is 10.5. The molecule has 1 atom stereocenters. The minimum absolute atomic E-state index is 0.373. The molecule has 0 spiro atoms. The maximum Gasteiger partial charge on any atom is 0.200 e. The van der Waals surface area contributed by atoms with Crippen LogP contribution in [0.1, 0.15) is 37.6 Å². The molecule has 1 aromatic heterocycles. The van der Waals surface area contributed by atoms with Gasteiger partial charge in [-0.25, -0.2) is 9.97 Å². The van der Waals surface area contributed by atoms with Crippen molar-refractivity contribution in [1.29, 1.82) is 0 Å². The highest BCUT2D eigenvalue weighted by Gasteiger charge is 2.35. The summed E-state index contributed by atoms with van der Waals surface area (Å²) < 4.78 is 16.1. The first kappa shape index (κ1) is 12.4. The first-order chi connectivity index (χ1) is 8.19. The molecule has 17 heavy (non-hydrogen) atoms. The standard InChI is InChI=1S/C12H18N2O3/c1-12(6-4-8-17-12)11-13-7-5-9(14-11)10(15-2)16-3/h5,7,10H,4,6,8H2,1-3H3. The highest BCUT2D eigenvalue weighted by molar-refractivity contribution is 5.10. The molecule has 0 aliphatic carbocycles. The third-order valence-electron chi connectivity index (χ3n) is 3.04. The Bertz CT molecular complexity index is 374. The van der Waals surface area contributed by atoms with Crippen LogP contribution >= 0.6 is 0 Å². The predicted molar refractivity (Wildman–Crippen MR) is 61.3 cm³/mol. The number of hydrogen-bond donors (Lipinski definition) is 0. The summed E-state index contributed by atoms with van der Waals surface area (Å²) in [6.07, 6.45) is 3.25. The Balaban J connectivity index is 2.27. The smallest absolute Gasteiger partial charge is 0.200 e. The van der Waals surface area contributed by atoms with Gasteiger partial charge >= 0.3 is 0 Å². The highest BCUT2D eigenvalue weighted by Crippen LogP contribution is 2.33. The van der Waals surface area contributed by atoms with Crippen molar-refractivity contribution in [3.05, 3.63) is 23.8 Å². The lowest BCUT2D eigenvalue weighted by Crippen LogP contribution is -2.24. The maximum atomic E-state index is 5.72. The number of hydrogen-bond acceptors (Lipinski definition) is 5.